The zero-order valence-electron chi connectivity index (χ0n) is 11.9. The Hall–Kier alpha value is -2.13. The predicted molar refractivity (Wildman–Crippen MR) is 76.4 cm³/mol. The lowest BCUT2D eigenvalue weighted by Gasteiger charge is -2.21. The topological polar surface area (TPSA) is 78.2 Å². The van der Waals surface area contributed by atoms with Gasteiger partial charge in [-0.15, -0.1) is 0 Å². The molecule has 6 nitrogen and oxygen atoms in total. The van der Waals surface area contributed by atoms with E-state index in [9.17, 15) is 4.79 Å². The first-order chi connectivity index (χ1) is 9.72. The first-order valence-corrected chi connectivity index (χ1v) is 6.58. The Balaban J connectivity index is 2.74. The lowest BCUT2D eigenvalue weighted by Crippen LogP contribution is -2.34. The van der Waals surface area contributed by atoms with Crippen molar-refractivity contribution in [1.29, 1.82) is 5.26 Å². The van der Waals surface area contributed by atoms with Crippen LogP contribution in [0, 0.1) is 11.3 Å². The average molecular weight is 276 g/mol. The van der Waals surface area contributed by atoms with Crippen LogP contribution in [0.5, 0.6) is 0 Å². The van der Waals surface area contributed by atoms with Crippen molar-refractivity contribution in [2.75, 3.05) is 38.7 Å². The number of nitriles is 1. The highest BCUT2D eigenvalue weighted by Gasteiger charge is 2.15. The van der Waals surface area contributed by atoms with Crippen molar-refractivity contribution in [2.24, 2.45) is 0 Å². The van der Waals surface area contributed by atoms with Crippen LogP contribution in [0.2, 0.25) is 0 Å². The van der Waals surface area contributed by atoms with Crippen molar-refractivity contribution in [2.45, 2.75) is 13.3 Å². The van der Waals surface area contributed by atoms with Crippen LogP contribution in [0.15, 0.2) is 18.3 Å². The Morgan fingerprint density at radius 2 is 2.30 bits per heavy atom. The standard InChI is InChI=1S/C14H20N4O2/c1-3-16-13-6-5-12(11-17-13)14(19)18(8-4-7-15)9-10-20-2/h5-6,11H,3-4,8-10H2,1-2H3,(H,16,17). The zero-order valence-corrected chi connectivity index (χ0v) is 11.9. The number of nitrogens with zero attached hydrogens (tertiary/aromatic N) is 3. The summed E-state index contributed by atoms with van der Waals surface area (Å²) in [5.74, 6) is 0.609. The number of amides is 1. The maximum Gasteiger partial charge on any atom is 0.255 e. The third-order valence-electron chi connectivity index (χ3n) is 2.71. The summed E-state index contributed by atoms with van der Waals surface area (Å²) in [6.07, 6.45) is 1.85. The fourth-order valence-electron chi connectivity index (χ4n) is 1.69. The number of pyridine rings is 1. The van der Waals surface area contributed by atoms with E-state index in [4.69, 9.17) is 10.00 Å². The lowest BCUT2D eigenvalue weighted by atomic mass is 10.2. The summed E-state index contributed by atoms with van der Waals surface area (Å²) in [7, 11) is 1.58. The lowest BCUT2D eigenvalue weighted by molar-refractivity contribution is 0.0699. The molecule has 0 saturated heterocycles. The molecule has 108 valence electrons. The van der Waals surface area contributed by atoms with Gasteiger partial charge in [0.2, 0.25) is 0 Å². The van der Waals surface area contributed by atoms with Gasteiger partial charge < -0.3 is 15.0 Å². The maximum absolute atomic E-state index is 12.3. The van der Waals surface area contributed by atoms with Crippen LogP contribution in [0.25, 0.3) is 0 Å². The van der Waals surface area contributed by atoms with E-state index in [2.05, 4.69) is 10.3 Å². The Morgan fingerprint density at radius 1 is 1.50 bits per heavy atom. The largest absolute Gasteiger partial charge is 0.383 e. The second-order valence-electron chi connectivity index (χ2n) is 4.16. The number of ether oxygens (including phenoxy) is 1. The summed E-state index contributed by atoms with van der Waals surface area (Å²) < 4.78 is 4.99. The molecule has 6 heteroatoms. The summed E-state index contributed by atoms with van der Waals surface area (Å²) in [5, 5.41) is 11.7. The molecule has 0 bridgehead atoms. The molecular formula is C14H20N4O2. The van der Waals surface area contributed by atoms with E-state index in [1.807, 2.05) is 13.0 Å². The van der Waals surface area contributed by atoms with Gasteiger partial charge in [0.25, 0.3) is 5.91 Å². The van der Waals surface area contributed by atoms with Crippen molar-refractivity contribution < 1.29 is 9.53 Å². The summed E-state index contributed by atoms with van der Waals surface area (Å²) in [6, 6.07) is 5.56. The van der Waals surface area contributed by atoms with Gasteiger partial charge >= 0.3 is 0 Å². The molecule has 0 aliphatic heterocycles. The number of hydrogen-bond acceptors (Lipinski definition) is 5. The van der Waals surface area contributed by atoms with E-state index in [1.54, 1.807) is 30.3 Å². The molecule has 1 rings (SSSR count). The number of aromatic nitrogens is 1. The Morgan fingerprint density at radius 3 is 2.85 bits per heavy atom. The Bertz CT molecular complexity index is 453. The summed E-state index contributed by atoms with van der Waals surface area (Å²) in [6.45, 7) is 4.07. The van der Waals surface area contributed by atoms with Crippen molar-refractivity contribution in [3.05, 3.63) is 23.9 Å². The number of rotatable bonds is 8. The molecule has 1 aromatic heterocycles. The molecule has 0 fully saturated rings. The van der Waals surface area contributed by atoms with Crippen LogP contribution in [0.3, 0.4) is 0 Å². The molecule has 1 aromatic rings. The van der Waals surface area contributed by atoms with E-state index in [0.29, 0.717) is 31.7 Å². The molecule has 0 aromatic carbocycles. The van der Waals surface area contributed by atoms with Crippen LogP contribution in [0.4, 0.5) is 5.82 Å². The number of nitrogens with one attached hydrogen (secondary N) is 1. The smallest absolute Gasteiger partial charge is 0.255 e. The highest BCUT2D eigenvalue weighted by Crippen LogP contribution is 2.08. The number of anilines is 1. The Kier molecular flexibility index (Phi) is 7.07. The summed E-state index contributed by atoms with van der Waals surface area (Å²) in [5.41, 5.74) is 0.515. The fraction of sp³-hybridized carbons (Fsp3) is 0.500. The van der Waals surface area contributed by atoms with E-state index >= 15 is 0 Å². The van der Waals surface area contributed by atoms with Crippen LogP contribution < -0.4 is 5.32 Å². The highest BCUT2D eigenvalue weighted by atomic mass is 16.5. The number of carbonyl (C=O) groups excluding carboxylic acids is 1. The van der Waals surface area contributed by atoms with Gasteiger partial charge in [-0.3, -0.25) is 4.79 Å². The molecule has 1 amide bonds. The maximum atomic E-state index is 12.3. The molecule has 1 N–H and O–H groups in total. The molecule has 20 heavy (non-hydrogen) atoms. The SMILES string of the molecule is CCNc1ccc(C(=O)N(CCC#N)CCOC)cn1. The quantitative estimate of drug-likeness (QED) is 0.778. The van der Waals surface area contributed by atoms with Gasteiger partial charge in [-0.1, -0.05) is 0 Å². The second kappa shape index (κ2) is 8.88. The van der Waals surface area contributed by atoms with E-state index in [0.717, 1.165) is 12.4 Å². The third-order valence-corrected chi connectivity index (χ3v) is 2.71. The molecule has 0 aliphatic carbocycles. The van der Waals surface area contributed by atoms with Crippen LogP contribution in [0.1, 0.15) is 23.7 Å². The first kappa shape index (κ1) is 15.9. The Labute approximate surface area is 119 Å². The minimum Gasteiger partial charge on any atom is -0.383 e. The number of carbonyl (C=O) groups is 1. The van der Waals surface area contributed by atoms with Crippen molar-refractivity contribution in [3.8, 4) is 6.07 Å². The second-order valence-corrected chi connectivity index (χ2v) is 4.16. The van der Waals surface area contributed by atoms with Gasteiger partial charge in [0.05, 0.1) is 24.7 Å². The highest BCUT2D eigenvalue weighted by molar-refractivity contribution is 5.94. The van der Waals surface area contributed by atoms with Gasteiger partial charge in [-0.2, -0.15) is 5.26 Å². The summed E-state index contributed by atoms with van der Waals surface area (Å²) >= 11 is 0. The minimum atomic E-state index is -0.132. The summed E-state index contributed by atoms with van der Waals surface area (Å²) in [4.78, 5) is 18.1. The van der Waals surface area contributed by atoms with Crippen molar-refractivity contribution in [3.63, 3.8) is 0 Å². The number of methoxy groups -OCH3 is 1. The first-order valence-electron chi connectivity index (χ1n) is 6.58. The van der Waals surface area contributed by atoms with Crippen molar-refractivity contribution in [1.82, 2.24) is 9.88 Å². The molecular weight excluding hydrogens is 256 g/mol. The molecule has 0 spiro atoms. The van der Waals surface area contributed by atoms with Crippen LogP contribution in [-0.4, -0.2) is 49.1 Å². The normalized spacial score (nSPS) is 9.85. The van der Waals surface area contributed by atoms with Crippen LogP contribution in [-0.2, 0) is 4.74 Å². The monoisotopic (exact) mass is 276 g/mol. The molecule has 0 aliphatic rings. The molecule has 1 heterocycles. The van der Waals surface area contributed by atoms with Crippen LogP contribution >= 0.6 is 0 Å². The minimum absolute atomic E-state index is 0.132. The molecule has 0 radical (unpaired) electrons. The van der Waals surface area contributed by atoms with E-state index in [-0.39, 0.29) is 5.91 Å². The number of hydrogen-bond donors (Lipinski definition) is 1. The van der Waals surface area contributed by atoms with Gasteiger partial charge in [0.15, 0.2) is 0 Å². The fourth-order valence-corrected chi connectivity index (χ4v) is 1.69. The van der Waals surface area contributed by atoms with Gasteiger partial charge in [-0.05, 0) is 19.1 Å². The third kappa shape index (κ3) is 4.86. The molecule has 0 atom stereocenters. The van der Waals surface area contributed by atoms with Crippen molar-refractivity contribution >= 4 is 11.7 Å². The predicted octanol–water partition coefficient (Wildman–Crippen LogP) is 1.52. The van der Waals surface area contributed by atoms with Gasteiger partial charge in [-0.25, -0.2) is 4.98 Å². The van der Waals surface area contributed by atoms with Gasteiger partial charge in [0.1, 0.15) is 5.82 Å². The molecule has 0 saturated carbocycles. The van der Waals surface area contributed by atoms with Gasteiger partial charge in [0, 0.05) is 32.9 Å². The van der Waals surface area contributed by atoms with E-state index in [1.165, 1.54) is 0 Å². The zero-order chi connectivity index (χ0) is 14.8. The molecule has 0 unspecified atom stereocenters. The average Bonchev–Trinajstić information content (AvgIpc) is 2.48. The van der Waals surface area contributed by atoms with E-state index < -0.39 is 0 Å².